The monoisotopic (exact) mass is 346 g/mol. The number of carboxylic acid groups (broad SMARTS) is 1. The van der Waals surface area contributed by atoms with E-state index in [-0.39, 0.29) is 11.5 Å². The number of alkyl halides is 1. The fourth-order valence-corrected chi connectivity index (χ4v) is 3.47. The van der Waals surface area contributed by atoms with Gasteiger partial charge >= 0.3 is 5.97 Å². The molecule has 132 valence electrons. The minimum Gasteiger partial charge on any atom is -0.480 e. The van der Waals surface area contributed by atoms with Crippen LogP contribution in [0.4, 0.5) is 8.78 Å². The number of halogens is 2. The van der Waals surface area contributed by atoms with Gasteiger partial charge in [-0.3, -0.25) is 14.7 Å². The van der Waals surface area contributed by atoms with E-state index in [1.54, 1.807) is 36.7 Å². The number of nitrogens with zero attached hydrogens (tertiary/aromatic N) is 2. The molecule has 1 saturated heterocycles. The molecule has 0 radical (unpaired) electrons. The second-order valence-corrected chi connectivity index (χ2v) is 6.32. The maximum absolute atomic E-state index is 14.7. The van der Waals surface area contributed by atoms with E-state index in [2.05, 4.69) is 4.98 Å². The lowest BCUT2D eigenvalue weighted by Crippen LogP contribution is -2.41. The molecule has 4 nitrogen and oxygen atoms in total. The molecule has 3 rings (SSSR count). The Labute approximate surface area is 145 Å². The fraction of sp³-hybridized carbons (Fsp3) is 0.368. The van der Waals surface area contributed by atoms with Crippen molar-refractivity contribution in [2.45, 2.75) is 25.1 Å². The molecule has 6 heteroatoms. The molecule has 0 bridgehead atoms. The first kappa shape index (κ1) is 17.5. The Balaban J connectivity index is 1.68. The Morgan fingerprint density at radius 2 is 1.92 bits per heavy atom. The number of benzene rings is 1. The van der Waals surface area contributed by atoms with E-state index in [9.17, 15) is 18.7 Å². The van der Waals surface area contributed by atoms with Crippen LogP contribution in [0.25, 0.3) is 0 Å². The topological polar surface area (TPSA) is 53.4 Å². The highest BCUT2D eigenvalue weighted by Gasteiger charge is 2.34. The van der Waals surface area contributed by atoms with Gasteiger partial charge in [-0.1, -0.05) is 24.3 Å². The molecule has 1 N–H and O–H groups in total. The van der Waals surface area contributed by atoms with E-state index in [0.29, 0.717) is 31.5 Å². The quantitative estimate of drug-likeness (QED) is 0.895. The van der Waals surface area contributed by atoms with Crippen molar-refractivity contribution in [2.75, 3.05) is 13.1 Å². The molecule has 2 aromatic rings. The van der Waals surface area contributed by atoms with E-state index in [1.165, 1.54) is 12.1 Å². The fourth-order valence-electron chi connectivity index (χ4n) is 3.47. The predicted molar refractivity (Wildman–Crippen MR) is 89.2 cm³/mol. The van der Waals surface area contributed by atoms with Crippen LogP contribution in [0, 0.1) is 11.7 Å². The maximum atomic E-state index is 14.7. The van der Waals surface area contributed by atoms with Gasteiger partial charge in [0.25, 0.3) is 0 Å². The summed E-state index contributed by atoms with van der Waals surface area (Å²) in [5.41, 5.74) is 0.697. The highest BCUT2D eigenvalue weighted by molar-refractivity contribution is 5.75. The maximum Gasteiger partial charge on any atom is 0.325 e. The summed E-state index contributed by atoms with van der Waals surface area (Å²) < 4.78 is 28.5. The molecule has 1 fully saturated rings. The van der Waals surface area contributed by atoms with Gasteiger partial charge in [0.1, 0.15) is 18.0 Å². The van der Waals surface area contributed by atoms with Gasteiger partial charge < -0.3 is 5.11 Å². The summed E-state index contributed by atoms with van der Waals surface area (Å²) in [6, 6.07) is 8.55. The molecule has 1 aliphatic rings. The van der Waals surface area contributed by atoms with Gasteiger partial charge in [0.05, 0.1) is 0 Å². The number of pyridine rings is 1. The molecular weight excluding hydrogens is 326 g/mol. The summed E-state index contributed by atoms with van der Waals surface area (Å²) in [5, 5.41) is 9.58. The summed E-state index contributed by atoms with van der Waals surface area (Å²) in [7, 11) is 0. The first-order valence-electron chi connectivity index (χ1n) is 8.33. The lowest BCUT2D eigenvalue weighted by atomic mass is 9.87. The number of rotatable bonds is 5. The van der Waals surface area contributed by atoms with Gasteiger partial charge in [-0.15, -0.1) is 0 Å². The van der Waals surface area contributed by atoms with Crippen LogP contribution >= 0.6 is 0 Å². The first-order chi connectivity index (χ1) is 12.1. The standard InChI is InChI=1S/C19H20F2N2O2/c20-16-6-2-1-5-15(16)17(21)13-7-10-23(11-8-13)18(19(24)25)14-4-3-9-22-12-14/h1-6,9,12-13,17-18H,7-8,10-11H2,(H,24,25). The third kappa shape index (κ3) is 3.85. The molecule has 1 aromatic heterocycles. The Morgan fingerprint density at radius 3 is 2.52 bits per heavy atom. The summed E-state index contributed by atoms with van der Waals surface area (Å²) >= 11 is 0. The Hall–Kier alpha value is -2.34. The van der Waals surface area contributed by atoms with Crippen molar-refractivity contribution in [3.63, 3.8) is 0 Å². The van der Waals surface area contributed by atoms with Gasteiger partial charge in [0, 0.05) is 18.0 Å². The second kappa shape index (κ2) is 7.70. The summed E-state index contributed by atoms with van der Waals surface area (Å²) in [5.74, 6) is -1.79. The van der Waals surface area contributed by atoms with Crippen molar-refractivity contribution in [1.29, 1.82) is 0 Å². The average molecular weight is 346 g/mol. The van der Waals surface area contributed by atoms with Gasteiger partial charge in [-0.05, 0) is 49.5 Å². The SMILES string of the molecule is O=C(O)C(c1cccnc1)N1CCC(C(F)c2ccccc2F)CC1. The van der Waals surface area contributed by atoms with E-state index >= 15 is 0 Å². The van der Waals surface area contributed by atoms with Crippen molar-refractivity contribution in [3.05, 3.63) is 65.7 Å². The molecule has 1 aromatic carbocycles. The normalized spacial score (nSPS) is 18.6. The lowest BCUT2D eigenvalue weighted by Gasteiger charge is -2.36. The zero-order valence-electron chi connectivity index (χ0n) is 13.7. The zero-order valence-corrected chi connectivity index (χ0v) is 13.7. The minimum absolute atomic E-state index is 0.0861. The Kier molecular flexibility index (Phi) is 5.38. The predicted octanol–water partition coefficient (Wildman–Crippen LogP) is 3.77. The van der Waals surface area contributed by atoms with Crippen LogP contribution in [-0.4, -0.2) is 34.0 Å². The van der Waals surface area contributed by atoms with Gasteiger partial charge in [0.2, 0.25) is 0 Å². The van der Waals surface area contributed by atoms with Crippen molar-refractivity contribution >= 4 is 5.97 Å². The van der Waals surface area contributed by atoms with Crippen LogP contribution in [0.1, 0.15) is 36.2 Å². The Bertz CT molecular complexity index is 718. The number of carboxylic acids is 1. The van der Waals surface area contributed by atoms with Crippen molar-refractivity contribution in [1.82, 2.24) is 9.88 Å². The summed E-state index contributed by atoms with van der Waals surface area (Å²) in [4.78, 5) is 17.5. The van der Waals surface area contributed by atoms with Crippen LogP contribution in [0.15, 0.2) is 48.8 Å². The molecule has 2 heterocycles. The van der Waals surface area contributed by atoms with E-state index < -0.39 is 24.0 Å². The number of carbonyl (C=O) groups is 1. The van der Waals surface area contributed by atoms with Crippen LogP contribution in [0.3, 0.4) is 0 Å². The number of hydrogen-bond acceptors (Lipinski definition) is 3. The van der Waals surface area contributed by atoms with Crippen LogP contribution in [0.2, 0.25) is 0 Å². The third-order valence-corrected chi connectivity index (χ3v) is 4.79. The van der Waals surface area contributed by atoms with Gasteiger partial charge in [-0.2, -0.15) is 0 Å². The third-order valence-electron chi connectivity index (χ3n) is 4.79. The largest absolute Gasteiger partial charge is 0.480 e. The molecular formula is C19H20F2N2O2. The van der Waals surface area contributed by atoms with Crippen molar-refractivity contribution in [3.8, 4) is 0 Å². The number of likely N-dealkylation sites (tertiary alicyclic amines) is 1. The van der Waals surface area contributed by atoms with Gasteiger partial charge in [0.15, 0.2) is 0 Å². The van der Waals surface area contributed by atoms with Crippen LogP contribution in [-0.2, 0) is 4.79 Å². The van der Waals surface area contributed by atoms with Gasteiger partial charge in [-0.25, -0.2) is 8.78 Å². The first-order valence-corrected chi connectivity index (χ1v) is 8.33. The molecule has 2 unspecified atom stereocenters. The molecule has 0 aliphatic carbocycles. The number of aromatic nitrogens is 1. The average Bonchev–Trinajstić information content (AvgIpc) is 2.63. The molecule has 2 atom stereocenters. The highest BCUT2D eigenvalue weighted by atomic mass is 19.1. The number of aliphatic carboxylic acids is 1. The second-order valence-electron chi connectivity index (χ2n) is 6.32. The molecule has 25 heavy (non-hydrogen) atoms. The molecule has 0 spiro atoms. The molecule has 0 amide bonds. The lowest BCUT2D eigenvalue weighted by molar-refractivity contribution is -0.144. The van der Waals surface area contributed by atoms with E-state index in [0.717, 1.165) is 0 Å². The van der Waals surface area contributed by atoms with Crippen LogP contribution < -0.4 is 0 Å². The van der Waals surface area contributed by atoms with E-state index in [1.807, 2.05) is 4.90 Å². The van der Waals surface area contributed by atoms with Crippen LogP contribution in [0.5, 0.6) is 0 Å². The number of hydrogen-bond donors (Lipinski definition) is 1. The molecule has 1 aliphatic heterocycles. The Morgan fingerprint density at radius 1 is 1.20 bits per heavy atom. The molecule has 0 saturated carbocycles. The minimum atomic E-state index is -1.37. The smallest absolute Gasteiger partial charge is 0.325 e. The highest BCUT2D eigenvalue weighted by Crippen LogP contribution is 2.37. The zero-order chi connectivity index (χ0) is 17.8. The summed E-state index contributed by atoms with van der Waals surface area (Å²) in [6.07, 6.45) is 2.74. The van der Waals surface area contributed by atoms with Crippen molar-refractivity contribution in [2.24, 2.45) is 5.92 Å². The van der Waals surface area contributed by atoms with E-state index in [4.69, 9.17) is 0 Å². The summed E-state index contributed by atoms with van der Waals surface area (Å²) in [6.45, 7) is 0.900. The van der Waals surface area contributed by atoms with Crippen molar-refractivity contribution < 1.29 is 18.7 Å². The number of piperidine rings is 1.